The molecule has 0 radical (unpaired) electrons. The Morgan fingerprint density at radius 1 is 1.14 bits per heavy atom. The van der Waals surface area contributed by atoms with Crippen molar-refractivity contribution in [1.82, 2.24) is 14.1 Å². The van der Waals surface area contributed by atoms with Crippen LogP contribution in [0.25, 0.3) is 0 Å². The second kappa shape index (κ2) is 11.7. The molecule has 0 aliphatic rings. The SMILES string of the molecule is CC(C)Oc1ccc(Nc2nc(=O)n(CC(=O)CCC#N)c(=O)n2Cc2ccc(Cl)cc2)cc1Cl. The lowest BCUT2D eigenvalue weighted by Gasteiger charge is -2.16. The van der Waals surface area contributed by atoms with Gasteiger partial charge in [0.2, 0.25) is 5.95 Å². The molecule has 1 heterocycles. The number of ketones is 1. The summed E-state index contributed by atoms with van der Waals surface area (Å²) in [6.45, 7) is 3.34. The fourth-order valence-electron chi connectivity index (χ4n) is 3.18. The zero-order valence-electron chi connectivity index (χ0n) is 19.1. The fourth-order valence-corrected chi connectivity index (χ4v) is 3.53. The van der Waals surface area contributed by atoms with Crippen molar-refractivity contribution >= 4 is 40.6 Å². The number of hydrogen-bond donors (Lipinski definition) is 1. The molecule has 1 N–H and O–H groups in total. The second-order valence-corrected chi connectivity index (χ2v) is 8.78. The Labute approximate surface area is 211 Å². The van der Waals surface area contributed by atoms with Crippen LogP contribution in [0, 0.1) is 11.3 Å². The van der Waals surface area contributed by atoms with Gasteiger partial charge in [0.05, 0.1) is 30.3 Å². The monoisotopic (exact) mass is 515 g/mol. The predicted octanol–water partition coefficient (Wildman–Crippen LogP) is 4.16. The van der Waals surface area contributed by atoms with Crippen molar-refractivity contribution in [2.24, 2.45) is 0 Å². The first-order valence-corrected chi connectivity index (χ1v) is 11.5. The van der Waals surface area contributed by atoms with Crippen molar-refractivity contribution < 1.29 is 9.53 Å². The van der Waals surface area contributed by atoms with E-state index in [0.29, 0.717) is 21.5 Å². The minimum absolute atomic E-state index is 0.00308. The van der Waals surface area contributed by atoms with E-state index >= 15 is 0 Å². The van der Waals surface area contributed by atoms with Gasteiger partial charge in [0.15, 0.2) is 5.78 Å². The lowest BCUT2D eigenvalue weighted by Crippen LogP contribution is -2.44. The summed E-state index contributed by atoms with van der Waals surface area (Å²) in [6, 6.07) is 13.6. The van der Waals surface area contributed by atoms with Crippen LogP contribution in [-0.4, -0.2) is 26.0 Å². The van der Waals surface area contributed by atoms with E-state index in [4.69, 9.17) is 33.2 Å². The van der Waals surface area contributed by atoms with Gasteiger partial charge in [-0.3, -0.25) is 9.36 Å². The Kier molecular flexibility index (Phi) is 8.68. The van der Waals surface area contributed by atoms with E-state index in [1.807, 2.05) is 19.9 Å². The van der Waals surface area contributed by atoms with Gasteiger partial charge in [-0.2, -0.15) is 10.2 Å². The molecule has 2 aromatic carbocycles. The van der Waals surface area contributed by atoms with Gasteiger partial charge < -0.3 is 10.1 Å². The van der Waals surface area contributed by atoms with Crippen LogP contribution >= 0.6 is 23.2 Å². The Hall–Kier alpha value is -3.61. The highest BCUT2D eigenvalue weighted by Crippen LogP contribution is 2.29. The quantitative estimate of drug-likeness (QED) is 0.430. The van der Waals surface area contributed by atoms with Crippen molar-refractivity contribution in [1.29, 1.82) is 5.26 Å². The number of rotatable bonds is 10. The van der Waals surface area contributed by atoms with Crippen LogP contribution in [0.1, 0.15) is 32.3 Å². The van der Waals surface area contributed by atoms with Crippen LogP contribution in [-0.2, 0) is 17.9 Å². The number of nitrogens with zero attached hydrogens (tertiary/aromatic N) is 4. The topological polar surface area (TPSA) is 119 Å². The van der Waals surface area contributed by atoms with Gasteiger partial charge in [-0.25, -0.2) is 14.2 Å². The highest BCUT2D eigenvalue weighted by molar-refractivity contribution is 6.32. The summed E-state index contributed by atoms with van der Waals surface area (Å²) in [5.41, 5.74) is -0.411. The number of Topliss-reactive ketones (excluding diaryl/α,β-unsaturated/α-hetero) is 1. The van der Waals surface area contributed by atoms with Crippen LogP contribution in [0.4, 0.5) is 11.6 Å². The molecule has 0 amide bonds. The summed E-state index contributed by atoms with van der Waals surface area (Å²) in [4.78, 5) is 42.1. The molecule has 9 nitrogen and oxygen atoms in total. The molecular formula is C24H23Cl2N5O4. The number of anilines is 2. The summed E-state index contributed by atoms with van der Waals surface area (Å²) in [5.74, 6) is 0.0492. The smallest absolute Gasteiger partial charge is 0.355 e. The maximum atomic E-state index is 13.3. The molecule has 3 rings (SSSR count). The predicted molar refractivity (Wildman–Crippen MR) is 134 cm³/mol. The number of halogens is 2. The van der Waals surface area contributed by atoms with Gasteiger partial charge in [-0.15, -0.1) is 0 Å². The molecule has 35 heavy (non-hydrogen) atoms. The van der Waals surface area contributed by atoms with Crippen LogP contribution in [0.2, 0.25) is 10.0 Å². The fraction of sp³-hybridized carbons (Fsp3) is 0.292. The van der Waals surface area contributed by atoms with E-state index < -0.39 is 23.7 Å². The summed E-state index contributed by atoms with van der Waals surface area (Å²) < 4.78 is 7.64. The molecule has 1 aromatic heterocycles. The number of ether oxygens (including phenoxy) is 1. The molecule has 0 aliphatic carbocycles. The number of benzene rings is 2. The first-order chi connectivity index (χ1) is 16.7. The second-order valence-electron chi connectivity index (χ2n) is 7.93. The molecule has 0 saturated heterocycles. The normalized spacial score (nSPS) is 10.7. The molecule has 0 bridgehead atoms. The lowest BCUT2D eigenvalue weighted by atomic mass is 10.2. The molecule has 0 atom stereocenters. The lowest BCUT2D eigenvalue weighted by molar-refractivity contribution is -0.119. The van der Waals surface area contributed by atoms with Crippen LogP contribution in [0.15, 0.2) is 52.1 Å². The molecule has 0 aliphatic heterocycles. The molecular weight excluding hydrogens is 493 g/mol. The highest BCUT2D eigenvalue weighted by Gasteiger charge is 2.17. The molecule has 0 unspecified atom stereocenters. The van der Waals surface area contributed by atoms with E-state index in [1.54, 1.807) is 42.5 Å². The van der Waals surface area contributed by atoms with Crippen LogP contribution in [0.5, 0.6) is 5.75 Å². The third-order valence-electron chi connectivity index (χ3n) is 4.80. The van der Waals surface area contributed by atoms with E-state index in [2.05, 4.69) is 10.3 Å². The van der Waals surface area contributed by atoms with Crippen molar-refractivity contribution in [3.05, 3.63) is 79.0 Å². The van der Waals surface area contributed by atoms with Gasteiger partial charge in [0.25, 0.3) is 0 Å². The summed E-state index contributed by atoms with van der Waals surface area (Å²) in [5, 5.41) is 12.5. The molecule has 0 fully saturated rings. The van der Waals surface area contributed by atoms with E-state index in [9.17, 15) is 14.4 Å². The standard InChI is InChI=1S/C24H23Cl2N5O4/c1-15(2)35-21-10-9-18(12-20(21)26)28-22-29-23(33)31(14-19(32)4-3-11-27)24(34)30(22)13-16-5-7-17(25)8-6-16/h5-10,12,15H,3-4,13-14H2,1-2H3,(H,28,29,33). The number of nitrogens with one attached hydrogen (secondary N) is 1. The summed E-state index contributed by atoms with van der Waals surface area (Å²) >= 11 is 12.3. The first-order valence-electron chi connectivity index (χ1n) is 10.8. The van der Waals surface area contributed by atoms with Crippen molar-refractivity contribution in [3.8, 4) is 11.8 Å². The van der Waals surface area contributed by atoms with E-state index in [1.165, 1.54) is 4.57 Å². The van der Waals surface area contributed by atoms with E-state index in [-0.39, 0.29) is 31.4 Å². The maximum absolute atomic E-state index is 13.3. The molecule has 0 spiro atoms. The van der Waals surface area contributed by atoms with E-state index in [0.717, 1.165) is 10.1 Å². The zero-order valence-corrected chi connectivity index (χ0v) is 20.6. The highest BCUT2D eigenvalue weighted by atomic mass is 35.5. The number of carbonyl (C=O) groups excluding carboxylic acids is 1. The Balaban J connectivity index is 2.02. The third kappa shape index (κ3) is 6.94. The number of hydrogen-bond acceptors (Lipinski definition) is 7. The minimum Gasteiger partial charge on any atom is -0.489 e. The van der Waals surface area contributed by atoms with Gasteiger partial charge in [-0.05, 0) is 49.7 Å². The summed E-state index contributed by atoms with van der Waals surface area (Å²) in [7, 11) is 0. The Bertz CT molecular complexity index is 1370. The molecule has 11 heteroatoms. The maximum Gasteiger partial charge on any atom is 0.355 e. The summed E-state index contributed by atoms with van der Waals surface area (Å²) in [6.07, 6.45) is -0.138. The van der Waals surface area contributed by atoms with Crippen LogP contribution < -0.4 is 21.4 Å². The first kappa shape index (κ1) is 26.0. The average Bonchev–Trinajstić information content (AvgIpc) is 2.80. The average molecular weight is 516 g/mol. The largest absolute Gasteiger partial charge is 0.489 e. The van der Waals surface area contributed by atoms with Gasteiger partial charge in [-0.1, -0.05) is 35.3 Å². The molecule has 3 aromatic rings. The Morgan fingerprint density at radius 3 is 2.49 bits per heavy atom. The molecule has 182 valence electrons. The number of carbonyl (C=O) groups is 1. The van der Waals surface area contributed by atoms with Crippen LogP contribution in [0.3, 0.4) is 0 Å². The minimum atomic E-state index is -0.888. The van der Waals surface area contributed by atoms with Crippen molar-refractivity contribution in [2.45, 2.75) is 45.9 Å². The third-order valence-corrected chi connectivity index (χ3v) is 5.35. The Morgan fingerprint density at radius 2 is 1.86 bits per heavy atom. The van der Waals surface area contributed by atoms with Crippen molar-refractivity contribution in [3.63, 3.8) is 0 Å². The number of aromatic nitrogens is 3. The van der Waals surface area contributed by atoms with Gasteiger partial charge in [0.1, 0.15) is 5.75 Å². The van der Waals surface area contributed by atoms with Crippen molar-refractivity contribution in [2.75, 3.05) is 5.32 Å². The van der Waals surface area contributed by atoms with Gasteiger partial charge >= 0.3 is 11.4 Å². The van der Waals surface area contributed by atoms with Gasteiger partial charge in [0, 0.05) is 23.6 Å². The number of nitriles is 1. The molecule has 0 saturated carbocycles. The zero-order chi connectivity index (χ0) is 25.5.